The van der Waals surface area contributed by atoms with E-state index < -0.39 is 22.2 Å². The Hall–Kier alpha value is -1.90. The Kier molecular flexibility index (Phi) is 4.85. The normalized spacial score (nSPS) is 20.1. The van der Waals surface area contributed by atoms with E-state index in [-0.39, 0.29) is 6.54 Å². The van der Waals surface area contributed by atoms with Crippen molar-refractivity contribution in [1.29, 1.82) is 0 Å². The highest BCUT2D eigenvalue weighted by Crippen LogP contribution is 2.27. The second-order valence-corrected chi connectivity index (χ2v) is 8.82. The summed E-state index contributed by atoms with van der Waals surface area (Å²) in [5.41, 5.74) is 3.49. The average molecular weight is 397 g/mol. The Morgan fingerprint density at radius 1 is 1.15 bits per heavy atom. The lowest BCUT2D eigenvalue weighted by Gasteiger charge is -2.18. The molecule has 1 unspecified atom stereocenters. The van der Waals surface area contributed by atoms with Crippen molar-refractivity contribution in [2.75, 3.05) is 7.05 Å². The quantitative estimate of drug-likeness (QED) is 0.793. The van der Waals surface area contributed by atoms with E-state index in [1.54, 1.807) is 6.92 Å². The summed E-state index contributed by atoms with van der Waals surface area (Å²) in [5.74, 6) is -0.422. The maximum absolute atomic E-state index is 12.5. The van der Waals surface area contributed by atoms with Gasteiger partial charge in [0.2, 0.25) is 0 Å². The van der Waals surface area contributed by atoms with E-state index in [1.807, 2.05) is 42.8 Å². The molecule has 1 aliphatic heterocycles. The van der Waals surface area contributed by atoms with Crippen molar-refractivity contribution in [3.8, 4) is 0 Å². The first-order chi connectivity index (χ1) is 12.1. The van der Waals surface area contributed by atoms with Crippen molar-refractivity contribution in [2.45, 2.75) is 39.9 Å². The Labute approximate surface area is 158 Å². The third-order valence-corrected chi connectivity index (χ3v) is 7.00. The smallest absolute Gasteiger partial charge is 0.272 e. The van der Waals surface area contributed by atoms with Crippen molar-refractivity contribution in [3.05, 3.63) is 51.8 Å². The van der Waals surface area contributed by atoms with Gasteiger partial charge in [-0.25, -0.2) is 4.31 Å². The SMILES string of the molecule is Cc1nn(Cc2ccc(Cl)cc2)c(C)c1CN1C(C)C(=O)N(C)S1(=O)=O. The van der Waals surface area contributed by atoms with Gasteiger partial charge in [-0.1, -0.05) is 23.7 Å². The molecule has 1 atom stereocenters. The molecule has 3 rings (SSSR count). The van der Waals surface area contributed by atoms with Crippen LogP contribution in [-0.2, 0) is 28.1 Å². The predicted octanol–water partition coefficient (Wildman–Crippen LogP) is 2.11. The van der Waals surface area contributed by atoms with Gasteiger partial charge < -0.3 is 0 Å². The van der Waals surface area contributed by atoms with Gasteiger partial charge in [-0.2, -0.15) is 17.8 Å². The fourth-order valence-corrected chi connectivity index (χ4v) is 4.71. The molecule has 140 valence electrons. The van der Waals surface area contributed by atoms with Crippen molar-refractivity contribution in [1.82, 2.24) is 18.4 Å². The first-order valence-electron chi connectivity index (χ1n) is 8.19. The Bertz CT molecular complexity index is 953. The van der Waals surface area contributed by atoms with Crippen LogP contribution in [0.4, 0.5) is 0 Å². The molecule has 0 aliphatic carbocycles. The fraction of sp³-hybridized carbons (Fsp3) is 0.412. The zero-order valence-corrected chi connectivity index (χ0v) is 16.7. The zero-order chi connectivity index (χ0) is 19.2. The summed E-state index contributed by atoms with van der Waals surface area (Å²) in [4.78, 5) is 12.0. The highest BCUT2D eigenvalue weighted by atomic mass is 35.5. The predicted molar refractivity (Wildman–Crippen MR) is 98.9 cm³/mol. The molecule has 0 bridgehead atoms. The molecule has 0 saturated carbocycles. The number of benzene rings is 1. The van der Waals surface area contributed by atoms with Gasteiger partial charge in [-0.3, -0.25) is 9.48 Å². The second kappa shape index (κ2) is 6.68. The minimum atomic E-state index is -3.78. The number of likely N-dealkylation sites (N-methyl/N-ethyl adjacent to an activating group) is 1. The molecular formula is C17H21ClN4O3S. The van der Waals surface area contributed by atoms with Crippen molar-refractivity contribution < 1.29 is 13.2 Å². The fourth-order valence-electron chi connectivity index (χ4n) is 3.11. The second-order valence-electron chi connectivity index (χ2n) is 6.47. The van der Waals surface area contributed by atoms with Crippen molar-refractivity contribution >= 4 is 27.7 Å². The van der Waals surface area contributed by atoms with Gasteiger partial charge in [0, 0.05) is 29.9 Å². The minimum absolute atomic E-state index is 0.123. The summed E-state index contributed by atoms with van der Waals surface area (Å²) in [6, 6.07) is 6.79. The van der Waals surface area contributed by atoms with Gasteiger partial charge in [0.05, 0.1) is 12.2 Å². The highest BCUT2D eigenvalue weighted by molar-refractivity contribution is 7.87. The van der Waals surface area contributed by atoms with Crippen LogP contribution in [0.2, 0.25) is 5.02 Å². The van der Waals surface area contributed by atoms with Crippen molar-refractivity contribution in [2.24, 2.45) is 0 Å². The maximum Gasteiger partial charge on any atom is 0.307 e. The van der Waals surface area contributed by atoms with Crippen LogP contribution in [0.5, 0.6) is 0 Å². The summed E-state index contributed by atoms with van der Waals surface area (Å²) in [5, 5.41) is 5.22. The molecule has 2 aromatic rings. The monoisotopic (exact) mass is 396 g/mol. The van der Waals surface area contributed by atoms with Crippen LogP contribution in [0, 0.1) is 13.8 Å². The molecule has 2 heterocycles. The van der Waals surface area contributed by atoms with E-state index in [2.05, 4.69) is 5.10 Å². The number of amides is 1. The van der Waals surface area contributed by atoms with Crippen LogP contribution in [-0.4, -0.2) is 45.8 Å². The van der Waals surface area contributed by atoms with Crippen LogP contribution in [0.25, 0.3) is 0 Å². The Morgan fingerprint density at radius 3 is 2.31 bits per heavy atom. The van der Waals surface area contributed by atoms with Gasteiger partial charge >= 0.3 is 10.2 Å². The lowest BCUT2D eigenvalue weighted by Crippen LogP contribution is -2.33. The van der Waals surface area contributed by atoms with Crippen LogP contribution in [0.15, 0.2) is 24.3 Å². The molecule has 0 N–H and O–H groups in total. The van der Waals surface area contributed by atoms with E-state index in [9.17, 15) is 13.2 Å². The van der Waals surface area contributed by atoms with Gasteiger partial charge in [0.25, 0.3) is 5.91 Å². The lowest BCUT2D eigenvalue weighted by molar-refractivity contribution is -0.126. The number of aromatic nitrogens is 2. The molecule has 0 spiro atoms. The van der Waals surface area contributed by atoms with Gasteiger partial charge in [-0.05, 0) is 38.5 Å². The molecule has 7 nitrogen and oxygen atoms in total. The van der Waals surface area contributed by atoms with E-state index in [1.165, 1.54) is 11.4 Å². The van der Waals surface area contributed by atoms with Gasteiger partial charge in [0.15, 0.2) is 0 Å². The number of carbonyl (C=O) groups is 1. The average Bonchev–Trinajstić information content (AvgIpc) is 2.92. The Balaban J connectivity index is 1.89. The van der Waals surface area contributed by atoms with Crippen molar-refractivity contribution in [3.63, 3.8) is 0 Å². The molecular weight excluding hydrogens is 376 g/mol. The third-order valence-electron chi connectivity index (χ3n) is 4.83. The molecule has 1 aromatic carbocycles. The van der Waals surface area contributed by atoms with Crippen LogP contribution < -0.4 is 0 Å². The number of rotatable bonds is 4. The molecule has 26 heavy (non-hydrogen) atoms. The summed E-state index contributed by atoms with van der Waals surface area (Å²) in [6.07, 6.45) is 0. The number of carbonyl (C=O) groups excluding carboxylic acids is 1. The number of nitrogens with zero attached hydrogens (tertiary/aromatic N) is 4. The first kappa shape index (κ1) is 18.9. The van der Waals surface area contributed by atoms with Crippen LogP contribution >= 0.6 is 11.6 Å². The molecule has 1 amide bonds. The molecule has 1 aliphatic rings. The summed E-state index contributed by atoms with van der Waals surface area (Å²) < 4.78 is 28.8. The number of hydrogen-bond donors (Lipinski definition) is 0. The number of halogens is 1. The van der Waals surface area contributed by atoms with Gasteiger partial charge in [-0.15, -0.1) is 0 Å². The Morgan fingerprint density at radius 2 is 1.77 bits per heavy atom. The third kappa shape index (κ3) is 3.13. The summed E-state index contributed by atoms with van der Waals surface area (Å²) in [6.45, 7) is 6.04. The zero-order valence-electron chi connectivity index (χ0n) is 15.1. The minimum Gasteiger partial charge on any atom is -0.272 e. The summed E-state index contributed by atoms with van der Waals surface area (Å²) >= 11 is 5.92. The molecule has 1 aromatic heterocycles. The molecule has 0 radical (unpaired) electrons. The number of aryl methyl sites for hydroxylation is 1. The largest absolute Gasteiger partial charge is 0.307 e. The number of hydrogen-bond acceptors (Lipinski definition) is 4. The molecule has 1 fully saturated rings. The standard InChI is InChI=1S/C17H21ClN4O3S/c1-11-16(10-22-13(3)17(23)20(4)26(22,24)25)12(2)21(19-11)9-14-5-7-15(18)8-6-14/h5-8,13H,9-10H2,1-4H3. The highest BCUT2D eigenvalue weighted by Gasteiger charge is 2.46. The maximum atomic E-state index is 12.5. The topological polar surface area (TPSA) is 75.5 Å². The van der Waals surface area contributed by atoms with Crippen LogP contribution in [0.1, 0.15) is 29.4 Å². The van der Waals surface area contributed by atoms with E-state index in [4.69, 9.17) is 11.6 Å². The van der Waals surface area contributed by atoms with E-state index >= 15 is 0 Å². The molecule has 9 heteroatoms. The van der Waals surface area contributed by atoms with E-state index in [0.717, 1.165) is 26.8 Å². The molecule has 1 saturated heterocycles. The summed E-state index contributed by atoms with van der Waals surface area (Å²) in [7, 11) is -2.50. The lowest BCUT2D eigenvalue weighted by atomic mass is 10.1. The van der Waals surface area contributed by atoms with Crippen LogP contribution in [0.3, 0.4) is 0 Å². The first-order valence-corrected chi connectivity index (χ1v) is 9.97. The van der Waals surface area contributed by atoms with Gasteiger partial charge in [0.1, 0.15) is 6.04 Å². The van der Waals surface area contributed by atoms with E-state index in [0.29, 0.717) is 11.6 Å².